The number of hydrogen-bond donors (Lipinski definition) is 2. The zero-order valence-corrected chi connectivity index (χ0v) is 22.4. The molecule has 3 aromatic carbocycles. The van der Waals surface area contributed by atoms with Crippen LogP contribution in [0.5, 0.6) is 0 Å². The van der Waals surface area contributed by atoms with Crippen LogP contribution in [0.2, 0.25) is 5.02 Å². The van der Waals surface area contributed by atoms with Crippen molar-refractivity contribution in [2.24, 2.45) is 0 Å². The molecule has 1 aliphatic rings. The van der Waals surface area contributed by atoms with Crippen LogP contribution in [-0.2, 0) is 20.9 Å². The number of amides is 2. The number of benzene rings is 3. The summed E-state index contributed by atoms with van der Waals surface area (Å²) in [5.41, 5.74) is 5.11. The van der Waals surface area contributed by atoms with E-state index < -0.39 is 24.2 Å². The first kappa shape index (κ1) is 28.0. The Labute approximate surface area is 232 Å². The number of halogens is 1. The number of carbonyl (C=O) groups is 3. The zero-order valence-electron chi connectivity index (χ0n) is 21.6. The number of aliphatic carboxylic acids is 1. The lowest BCUT2D eigenvalue weighted by molar-refractivity contribution is -0.142. The zero-order chi connectivity index (χ0) is 27.8. The van der Waals surface area contributed by atoms with Crippen LogP contribution in [0.4, 0.5) is 9.59 Å². The van der Waals surface area contributed by atoms with Gasteiger partial charge in [0.05, 0.1) is 0 Å². The minimum Gasteiger partial charge on any atom is -0.480 e. The van der Waals surface area contributed by atoms with E-state index in [1.54, 1.807) is 24.3 Å². The fraction of sp³-hybridized carbons (Fsp3) is 0.300. The second-order valence-electron chi connectivity index (χ2n) is 9.36. The molecule has 4 rings (SSSR count). The van der Waals surface area contributed by atoms with Gasteiger partial charge in [-0.05, 0) is 47.6 Å². The predicted octanol–water partition coefficient (Wildman–Crippen LogP) is 6.07. The van der Waals surface area contributed by atoms with Gasteiger partial charge in [0, 0.05) is 30.1 Å². The smallest absolute Gasteiger partial charge is 0.410 e. The minimum absolute atomic E-state index is 0.0531. The van der Waals surface area contributed by atoms with E-state index in [-0.39, 0.29) is 25.6 Å². The van der Waals surface area contributed by atoms with E-state index in [0.29, 0.717) is 30.0 Å². The monoisotopic (exact) mass is 550 g/mol. The molecule has 39 heavy (non-hydrogen) atoms. The lowest BCUT2D eigenvalue weighted by Gasteiger charge is -2.25. The Bertz CT molecular complexity index is 1280. The first-order chi connectivity index (χ1) is 18.9. The molecule has 8 nitrogen and oxygen atoms in total. The molecule has 0 aliphatic heterocycles. The first-order valence-electron chi connectivity index (χ1n) is 12.8. The number of ether oxygens (including phenoxy) is 2. The van der Waals surface area contributed by atoms with Crippen molar-refractivity contribution < 1.29 is 29.0 Å². The lowest BCUT2D eigenvalue weighted by atomic mass is 9.98. The molecule has 1 atom stereocenters. The van der Waals surface area contributed by atoms with Gasteiger partial charge in [-0.3, -0.25) is 4.90 Å². The summed E-state index contributed by atoms with van der Waals surface area (Å²) in [6.45, 7) is 0.476. The van der Waals surface area contributed by atoms with Gasteiger partial charge in [0.25, 0.3) is 0 Å². The summed E-state index contributed by atoms with van der Waals surface area (Å²) in [5, 5.41) is 12.9. The Hall–Kier alpha value is -4.04. The molecule has 204 valence electrons. The third-order valence-corrected chi connectivity index (χ3v) is 7.24. The topological polar surface area (TPSA) is 105 Å². The molecule has 0 heterocycles. The fourth-order valence-electron chi connectivity index (χ4n) is 4.77. The van der Waals surface area contributed by atoms with Crippen molar-refractivity contribution in [1.82, 2.24) is 10.2 Å². The maximum absolute atomic E-state index is 12.8. The number of carbonyl (C=O) groups excluding carboxylic acids is 2. The lowest BCUT2D eigenvalue weighted by Crippen LogP contribution is -2.43. The van der Waals surface area contributed by atoms with E-state index in [1.807, 2.05) is 36.4 Å². The maximum Gasteiger partial charge on any atom is 0.410 e. The van der Waals surface area contributed by atoms with Crippen LogP contribution in [-0.4, -0.2) is 54.4 Å². The maximum atomic E-state index is 12.8. The van der Waals surface area contributed by atoms with Crippen molar-refractivity contribution in [2.75, 3.05) is 20.2 Å². The van der Waals surface area contributed by atoms with E-state index in [9.17, 15) is 19.5 Å². The summed E-state index contributed by atoms with van der Waals surface area (Å²) in [7, 11) is 1.43. The molecule has 0 spiro atoms. The number of carboxylic acid groups (broad SMARTS) is 1. The molecule has 2 N–H and O–H groups in total. The Morgan fingerprint density at radius 2 is 1.54 bits per heavy atom. The van der Waals surface area contributed by atoms with Gasteiger partial charge in [-0.2, -0.15) is 0 Å². The van der Waals surface area contributed by atoms with Crippen LogP contribution in [0.25, 0.3) is 11.1 Å². The van der Waals surface area contributed by atoms with Crippen molar-refractivity contribution in [3.05, 3.63) is 94.5 Å². The number of unbranched alkanes of at least 4 members (excludes halogenated alkanes) is 1. The summed E-state index contributed by atoms with van der Waals surface area (Å²) in [5.74, 6) is -1.22. The summed E-state index contributed by atoms with van der Waals surface area (Å²) in [6, 6.07) is 22.1. The number of rotatable bonds is 11. The van der Waals surface area contributed by atoms with Crippen molar-refractivity contribution in [3.8, 4) is 11.1 Å². The van der Waals surface area contributed by atoms with E-state index in [4.69, 9.17) is 21.1 Å². The molecule has 3 aromatic rings. The van der Waals surface area contributed by atoms with E-state index in [0.717, 1.165) is 27.2 Å². The molecule has 0 fully saturated rings. The molecule has 0 saturated heterocycles. The van der Waals surface area contributed by atoms with Crippen molar-refractivity contribution in [1.29, 1.82) is 0 Å². The summed E-state index contributed by atoms with van der Waals surface area (Å²) in [4.78, 5) is 37.8. The molecule has 0 saturated carbocycles. The highest BCUT2D eigenvalue weighted by atomic mass is 35.5. The standard InChI is InChI=1S/C30H31ClN2O6/c1-33(30(37)39-19-25-23-13-5-3-11-21(23)22-12-4-6-14-24(22)25)27(28(34)35)16-8-9-17-32-29(36)38-18-20-10-2-7-15-26(20)31/h2-7,10-15,25,27H,8-9,16-19H2,1H3,(H,32,36)(H,34,35)/t27-/m0/s1. The Balaban J connectivity index is 1.22. The van der Waals surface area contributed by atoms with Crippen molar-refractivity contribution >= 4 is 29.8 Å². The van der Waals surface area contributed by atoms with Gasteiger partial charge < -0.3 is 19.9 Å². The molecule has 0 radical (unpaired) electrons. The van der Waals surface area contributed by atoms with Gasteiger partial charge in [-0.25, -0.2) is 14.4 Å². The number of fused-ring (bicyclic) bond motifs is 3. The number of likely N-dealkylation sites (N-methyl/N-ethyl adjacent to an activating group) is 1. The van der Waals surface area contributed by atoms with Gasteiger partial charge in [0.15, 0.2) is 0 Å². The van der Waals surface area contributed by atoms with Gasteiger partial charge in [0.1, 0.15) is 19.3 Å². The average Bonchev–Trinajstić information content (AvgIpc) is 3.26. The molecule has 0 unspecified atom stereocenters. The van der Waals surface area contributed by atoms with Gasteiger partial charge in [0.2, 0.25) is 0 Å². The number of alkyl carbamates (subject to hydrolysis) is 1. The van der Waals surface area contributed by atoms with Crippen LogP contribution in [0.1, 0.15) is 41.9 Å². The minimum atomic E-state index is -1.11. The van der Waals surface area contributed by atoms with Crippen molar-refractivity contribution in [2.45, 2.75) is 37.8 Å². The SMILES string of the molecule is CN(C(=O)OCC1c2ccccc2-c2ccccc21)[C@@H](CCCCNC(=O)OCc1ccccc1Cl)C(=O)O. The van der Waals surface area contributed by atoms with Crippen LogP contribution in [0.3, 0.4) is 0 Å². The number of hydrogen-bond acceptors (Lipinski definition) is 5. The molecule has 1 aliphatic carbocycles. The molecule has 2 amide bonds. The molecule has 9 heteroatoms. The van der Waals surface area contributed by atoms with E-state index in [2.05, 4.69) is 17.4 Å². The Morgan fingerprint density at radius 3 is 2.18 bits per heavy atom. The molecular weight excluding hydrogens is 520 g/mol. The average molecular weight is 551 g/mol. The summed E-state index contributed by atoms with van der Waals surface area (Å²) in [6.07, 6.45) is -0.0652. The summed E-state index contributed by atoms with van der Waals surface area (Å²) >= 11 is 6.05. The summed E-state index contributed by atoms with van der Waals surface area (Å²) < 4.78 is 10.8. The Morgan fingerprint density at radius 1 is 0.923 bits per heavy atom. The third kappa shape index (κ3) is 6.89. The predicted molar refractivity (Wildman–Crippen MR) is 148 cm³/mol. The molecule has 0 bridgehead atoms. The van der Waals surface area contributed by atoms with Crippen LogP contribution in [0.15, 0.2) is 72.8 Å². The number of nitrogens with one attached hydrogen (secondary N) is 1. The van der Waals surface area contributed by atoms with Gasteiger partial charge in [-0.1, -0.05) is 78.3 Å². The molecule has 0 aromatic heterocycles. The van der Waals surface area contributed by atoms with Gasteiger partial charge in [-0.15, -0.1) is 0 Å². The second-order valence-corrected chi connectivity index (χ2v) is 9.77. The van der Waals surface area contributed by atoms with Gasteiger partial charge >= 0.3 is 18.2 Å². The number of carboxylic acids is 1. The van der Waals surface area contributed by atoms with Crippen LogP contribution >= 0.6 is 11.6 Å². The highest BCUT2D eigenvalue weighted by molar-refractivity contribution is 6.31. The normalized spacial score (nSPS) is 12.7. The largest absolute Gasteiger partial charge is 0.480 e. The highest BCUT2D eigenvalue weighted by Crippen LogP contribution is 2.44. The van der Waals surface area contributed by atoms with Crippen LogP contribution < -0.4 is 5.32 Å². The van der Waals surface area contributed by atoms with E-state index >= 15 is 0 Å². The van der Waals surface area contributed by atoms with Crippen molar-refractivity contribution in [3.63, 3.8) is 0 Å². The second kappa shape index (κ2) is 13.2. The highest BCUT2D eigenvalue weighted by Gasteiger charge is 2.31. The fourth-order valence-corrected chi connectivity index (χ4v) is 4.96. The number of nitrogens with zero attached hydrogens (tertiary/aromatic N) is 1. The van der Waals surface area contributed by atoms with Crippen LogP contribution in [0, 0.1) is 0 Å². The van der Waals surface area contributed by atoms with E-state index in [1.165, 1.54) is 7.05 Å². The molecular formula is C30H31ClN2O6. The first-order valence-corrected chi connectivity index (χ1v) is 13.2. The third-order valence-electron chi connectivity index (χ3n) is 6.87. The Kier molecular flexibility index (Phi) is 9.44. The quantitative estimate of drug-likeness (QED) is 0.281.